The van der Waals surface area contributed by atoms with Gasteiger partial charge in [0.15, 0.2) is 0 Å². The van der Waals surface area contributed by atoms with E-state index in [-0.39, 0.29) is 11.6 Å². The van der Waals surface area contributed by atoms with Crippen LogP contribution in [-0.2, 0) is 4.74 Å². The number of carbonyl (C=O) groups excluding carboxylic acids is 1. The number of hydrogen-bond acceptors (Lipinski definition) is 5. The quantitative estimate of drug-likeness (QED) is 0.882. The molecule has 1 aromatic rings. The number of ether oxygens (including phenoxy) is 1. The van der Waals surface area contributed by atoms with Crippen molar-refractivity contribution in [2.24, 2.45) is 0 Å². The second-order valence-electron chi connectivity index (χ2n) is 6.75. The highest BCUT2D eigenvalue weighted by Crippen LogP contribution is 2.30. The minimum absolute atomic E-state index is 0.0586. The van der Waals surface area contributed by atoms with E-state index in [0.717, 1.165) is 44.7 Å². The molecule has 0 unspecified atom stereocenters. The van der Waals surface area contributed by atoms with Crippen molar-refractivity contribution in [1.82, 2.24) is 20.2 Å². The Morgan fingerprint density at radius 3 is 2.87 bits per heavy atom. The van der Waals surface area contributed by atoms with Crippen LogP contribution in [0, 0.1) is 0 Å². The van der Waals surface area contributed by atoms with E-state index in [9.17, 15) is 4.79 Å². The van der Waals surface area contributed by atoms with Crippen LogP contribution in [0.5, 0.6) is 0 Å². The van der Waals surface area contributed by atoms with Gasteiger partial charge in [0.1, 0.15) is 5.60 Å². The van der Waals surface area contributed by atoms with Crippen molar-refractivity contribution in [3.05, 3.63) is 18.5 Å². The van der Waals surface area contributed by atoms with E-state index in [1.807, 2.05) is 11.0 Å². The molecular weight excluding hydrogens is 294 g/mol. The van der Waals surface area contributed by atoms with E-state index in [1.165, 1.54) is 0 Å². The van der Waals surface area contributed by atoms with E-state index in [2.05, 4.69) is 20.2 Å². The van der Waals surface area contributed by atoms with Crippen LogP contribution in [0.2, 0.25) is 0 Å². The molecule has 0 aromatic carbocycles. The number of nitrogens with one attached hydrogen (secondary N) is 1. The van der Waals surface area contributed by atoms with E-state index < -0.39 is 0 Å². The minimum atomic E-state index is -0.295. The number of rotatable bonds is 2. The average Bonchev–Trinajstić information content (AvgIpc) is 3.40. The first-order chi connectivity index (χ1) is 11.2. The maximum absolute atomic E-state index is 12.3. The Morgan fingerprint density at radius 2 is 2.09 bits per heavy atom. The van der Waals surface area contributed by atoms with Gasteiger partial charge in [0.25, 0.3) is 0 Å². The summed E-state index contributed by atoms with van der Waals surface area (Å²) < 4.78 is 6.14. The molecule has 2 saturated heterocycles. The second kappa shape index (κ2) is 5.96. The van der Waals surface area contributed by atoms with Gasteiger partial charge >= 0.3 is 6.03 Å². The maximum atomic E-state index is 12.3. The summed E-state index contributed by atoms with van der Waals surface area (Å²) in [7, 11) is 0. The number of hydrogen-bond donors (Lipinski definition) is 1. The Kier molecular flexibility index (Phi) is 3.80. The molecule has 3 aliphatic rings. The highest BCUT2D eigenvalue weighted by Gasteiger charge is 2.42. The molecular formula is C16H23N5O2. The fourth-order valence-electron chi connectivity index (χ4n) is 3.48. The van der Waals surface area contributed by atoms with Gasteiger partial charge in [-0.25, -0.2) is 14.8 Å². The van der Waals surface area contributed by atoms with Gasteiger partial charge in [-0.1, -0.05) is 0 Å². The molecule has 3 heterocycles. The monoisotopic (exact) mass is 317 g/mol. The highest BCUT2D eigenvalue weighted by atomic mass is 16.5. The lowest BCUT2D eigenvalue weighted by Crippen LogP contribution is -2.62. The molecule has 0 bridgehead atoms. The minimum Gasteiger partial charge on any atom is -0.369 e. The number of morpholine rings is 1. The van der Waals surface area contributed by atoms with Crippen LogP contribution in [0.4, 0.5) is 10.7 Å². The third kappa shape index (κ3) is 3.24. The third-order valence-electron chi connectivity index (χ3n) is 4.82. The molecule has 23 heavy (non-hydrogen) atoms. The Labute approximate surface area is 136 Å². The normalized spacial score (nSPS) is 28.0. The van der Waals surface area contributed by atoms with Crippen LogP contribution in [0.25, 0.3) is 0 Å². The van der Waals surface area contributed by atoms with Crippen molar-refractivity contribution in [3.8, 4) is 0 Å². The smallest absolute Gasteiger partial charge is 0.317 e. The van der Waals surface area contributed by atoms with Gasteiger partial charge in [-0.2, -0.15) is 0 Å². The molecule has 2 aliphatic heterocycles. The molecule has 7 nitrogen and oxygen atoms in total. The number of piperidine rings is 1. The summed E-state index contributed by atoms with van der Waals surface area (Å²) in [6.45, 7) is 3.59. The molecule has 1 saturated carbocycles. The number of amides is 2. The van der Waals surface area contributed by atoms with Crippen molar-refractivity contribution in [2.45, 2.75) is 37.3 Å². The van der Waals surface area contributed by atoms with Crippen LogP contribution in [0.3, 0.4) is 0 Å². The zero-order valence-corrected chi connectivity index (χ0v) is 13.3. The summed E-state index contributed by atoms with van der Waals surface area (Å²) in [5.74, 6) is 0.745. The fraction of sp³-hybridized carbons (Fsp3) is 0.688. The SMILES string of the molecule is O=C(NC1CC1)N1CCO[C@]2(CCCN(c3ncccn3)C2)C1. The number of nitrogens with zero attached hydrogens (tertiary/aromatic N) is 4. The lowest BCUT2D eigenvalue weighted by atomic mass is 9.91. The highest BCUT2D eigenvalue weighted by molar-refractivity contribution is 5.75. The van der Waals surface area contributed by atoms with Gasteiger partial charge < -0.3 is 19.9 Å². The van der Waals surface area contributed by atoms with Gasteiger partial charge in [-0.05, 0) is 31.7 Å². The topological polar surface area (TPSA) is 70.6 Å². The maximum Gasteiger partial charge on any atom is 0.317 e. The van der Waals surface area contributed by atoms with Crippen LogP contribution in [0.15, 0.2) is 18.5 Å². The number of urea groups is 1. The van der Waals surface area contributed by atoms with Crippen LogP contribution in [0.1, 0.15) is 25.7 Å². The van der Waals surface area contributed by atoms with Gasteiger partial charge in [-0.15, -0.1) is 0 Å². The first kappa shape index (κ1) is 14.7. The summed E-state index contributed by atoms with van der Waals surface area (Å²) in [5.41, 5.74) is -0.295. The van der Waals surface area contributed by atoms with E-state index in [4.69, 9.17) is 4.74 Å². The predicted octanol–water partition coefficient (Wildman–Crippen LogP) is 1.02. The molecule has 0 radical (unpaired) electrons. The molecule has 2 amide bonds. The summed E-state index contributed by atoms with van der Waals surface area (Å²) in [6.07, 6.45) is 7.75. The lowest BCUT2D eigenvalue weighted by Gasteiger charge is -2.47. The summed E-state index contributed by atoms with van der Waals surface area (Å²) in [5, 5.41) is 3.08. The zero-order chi connectivity index (χ0) is 15.7. The van der Waals surface area contributed by atoms with E-state index in [0.29, 0.717) is 25.7 Å². The molecule has 124 valence electrons. The molecule has 1 spiro atoms. The number of aromatic nitrogens is 2. The van der Waals surface area contributed by atoms with Crippen molar-refractivity contribution >= 4 is 12.0 Å². The van der Waals surface area contributed by atoms with Crippen molar-refractivity contribution in [2.75, 3.05) is 37.7 Å². The van der Waals surface area contributed by atoms with E-state index >= 15 is 0 Å². The molecule has 1 aliphatic carbocycles. The van der Waals surface area contributed by atoms with Crippen LogP contribution >= 0.6 is 0 Å². The Hall–Kier alpha value is -1.89. The predicted molar refractivity (Wildman–Crippen MR) is 85.3 cm³/mol. The van der Waals surface area contributed by atoms with Gasteiger partial charge in [0.2, 0.25) is 5.95 Å². The standard InChI is InChI=1S/C16H23N5O2/c22-15(19-13-3-4-13)21-9-10-23-16(12-21)5-1-8-20(11-16)14-17-6-2-7-18-14/h2,6-7,13H,1,3-5,8-12H2,(H,19,22)/t16-/m0/s1. The van der Waals surface area contributed by atoms with Gasteiger partial charge in [0, 0.05) is 31.5 Å². The Morgan fingerprint density at radius 1 is 1.26 bits per heavy atom. The Balaban J connectivity index is 1.44. The summed E-state index contributed by atoms with van der Waals surface area (Å²) >= 11 is 0. The molecule has 1 atom stereocenters. The molecule has 1 N–H and O–H groups in total. The van der Waals surface area contributed by atoms with Crippen molar-refractivity contribution in [1.29, 1.82) is 0 Å². The molecule has 7 heteroatoms. The largest absolute Gasteiger partial charge is 0.369 e. The fourth-order valence-corrected chi connectivity index (χ4v) is 3.48. The van der Waals surface area contributed by atoms with Crippen LogP contribution < -0.4 is 10.2 Å². The second-order valence-corrected chi connectivity index (χ2v) is 6.75. The lowest BCUT2D eigenvalue weighted by molar-refractivity contribution is -0.103. The third-order valence-corrected chi connectivity index (χ3v) is 4.82. The number of anilines is 1. The summed E-state index contributed by atoms with van der Waals surface area (Å²) in [4.78, 5) is 25.1. The molecule has 1 aromatic heterocycles. The zero-order valence-electron chi connectivity index (χ0n) is 13.3. The van der Waals surface area contributed by atoms with Crippen molar-refractivity contribution < 1.29 is 9.53 Å². The average molecular weight is 317 g/mol. The number of carbonyl (C=O) groups is 1. The van der Waals surface area contributed by atoms with Gasteiger partial charge in [0.05, 0.1) is 19.7 Å². The van der Waals surface area contributed by atoms with E-state index in [1.54, 1.807) is 12.4 Å². The first-order valence-electron chi connectivity index (χ1n) is 8.46. The van der Waals surface area contributed by atoms with Gasteiger partial charge in [-0.3, -0.25) is 0 Å². The van der Waals surface area contributed by atoms with Crippen LogP contribution in [-0.4, -0.2) is 65.3 Å². The van der Waals surface area contributed by atoms with Crippen molar-refractivity contribution in [3.63, 3.8) is 0 Å². The summed E-state index contributed by atoms with van der Waals surface area (Å²) in [6, 6.07) is 2.27. The first-order valence-corrected chi connectivity index (χ1v) is 8.46. The molecule has 4 rings (SSSR count). The molecule has 3 fully saturated rings. The Bertz CT molecular complexity index is 561.